The molecule has 0 spiro atoms. The van der Waals surface area contributed by atoms with Gasteiger partial charge in [0.25, 0.3) is 5.56 Å². The summed E-state index contributed by atoms with van der Waals surface area (Å²) in [5.74, 6) is 0. The minimum atomic E-state index is -1.02. The lowest BCUT2D eigenvalue weighted by atomic mass is 9.64. The first-order valence-electron chi connectivity index (χ1n) is 12.7. The first-order chi connectivity index (χ1) is 18.4. The number of rotatable bonds is 9. The fraction of sp³-hybridized carbons (Fsp3) is 0.290. The van der Waals surface area contributed by atoms with Crippen LogP contribution in [-0.2, 0) is 15.1 Å². The zero-order valence-electron chi connectivity index (χ0n) is 21.5. The largest absolute Gasteiger partial charge is 0.396 e. The first kappa shape index (κ1) is 25.9. The number of aliphatic hydroxyl groups excluding tert-OH is 1. The Labute approximate surface area is 221 Å². The van der Waals surface area contributed by atoms with E-state index in [2.05, 4.69) is 4.98 Å². The number of nitrogens with zero attached hydrogens (tertiary/aromatic N) is 1. The van der Waals surface area contributed by atoms with Gasteiger partial charge in [-0.1, -0.05) is 91.0 Å². The average molecular weight is 513 g/mol. The highest BCUT2D eigenvalue weighted by atomic mass is 16.7. The monoisotopic (exact) mass is 512 g/mol. The summed E-state index contributed by atoms with van der Waals surface area (Å²) >= 11 is 0. The van der Waals surface area contributed by atoms with Crippen molar-refractivity contribution >= 4 is 0 Å². The van der Waals surface area contributed by atoms with Gasteiger partial charge in [0.2, 0.25) is 0 Å². The maximum atomic E-state index is 12.5. The van der Waals surface area contributed by atoms with Crippen molar-refractivity contribution < 1.29 is 14.6 Å². The van der Waals surface area contributed by atoms with Gasteiger partial charge in [0.1, 0.15) is 5.60 Å². The zero-order valence-corrected chi connectivity index (χ0v) is 21.5. The van der Waals surface area contributed by atoms with Crippen LogP contribution in [0.3, 0.4) is 0 Å². The molecule has 196 valence electrons. The van der Waals surface area contributed by atoms with Crippen molar-refractivity contribution in [3.8, 4) is 0 Å². The summed E-state index contributed by atoms with van der Waals surface area (Å²) in [4.78, 5) is 26.8. The van der Waals surface area contributed by atoms with E-state index in [0.29, 0.717) is 18.4 Å². The van der Waals surface area contributed by atoms with Gasteiger partial charge in [-0.05, 0) is 36.5 Å². The molecule has 2 N–H and O–H groups in total. The number of aromatic nitrogens is 2. The molecule has 1 heterocycles. The third kappa shape index (κ3) is 4.43. The number of methoxy groups -OCH3 is 1. The van der Waals surface area contributed by atoms with Crippen LogP contribution in [0.25, 0.3) is 0 Å². The Balaban J connectivity index is 1.58. The molecular weight excluding hydrogens is 480 g/mol. The predicted octanol–water partition coefficient (Wildman–Crippen LogP) is 4.14. The number of nitrogens with one attached hydrogen (secondary N) is 1. The van der Waals surface area contributed by atoms with Gasteiger partial charge in [0, 0.05) is 30.3 Å². The summed E-state index contributed by atoms with van der Waals surface area (Å²) in [6.45, 7) is 1.48. The number of benzene rings is 3. The molecule has 7 heteroatoms. The molecule has 1 saturated carbocycles. The molecule has 0 bridgehead atoms. The number of aromatic amines is 1. The fourth-order valence-electron chi connectivity index (χ4n) is 5.64. The van der Waals surface area contributed by atoms with E-state index in [9.17, 15) is 14.7 Å². The summed E-state index contributed by atoms with van der Waals surface area (Å²) in [5.41, 5.74) is 0.606. The van der Waals surface area contributed by atoms with E-state index < -0.39 is 28.6 Å². The number of hydrogen-bond acceptors (Lipinski definition) is 5. The van der Waals surface area contributed by atoms with Gasteiger partial charge in [-0.2, -0.15) is 0 Å². The second-order valence-corrected chi connectivity index (χ2v) is 10.0. The number of ether oxygens (including phenoxy) is 2. The van der Waals surface area contributed by atoms with Gasteiger partial charge >= 0.3 is 5.69 Å². The Morgan fingerprint density at radius 3 is 1.82 bits per heavy atom. The van der Waals surface area contributed by atoms with Crippen LogP contribution in [0.15, 0.2) is 107 Å². The Morgan fingerprint density at radius 1 is 0.921 bits per heavy atom. The van der Waals surface area contributed by atoms with Crippen LogP contribution in [-0.4, -0.2) is 34.7 Å². The Morgan fingerprint density at radius 2 is 1.39 bits per heavy atom. The van der Waals surface area contributed by atoms with E-state index in [1.165, 1.54) is 4.57 Å². The molecule has 3 aromatic carbocycles. The number of hydrogen-bond donors (Lipinski definition) is 2. The number of H-pyrrole nitrogens is 1. The van der Waals surface area contributed by atoms with Crippen LogP contribution >= 0.6 is 0 Å². The van der Waals surface area contributed by atoms with Crippen LogP contribution in [0.2, 0.25) is 0 Å². The Bertz CT molecular complexity index is 1380. The molecule has 1 unspecified atom stereocenters. The lowest BCUT2D eigenvalue weighted by Gasteiger charge is -2.52. The summed E-state index contributed by atoms with van der Waals surface area (Å²) in [6, 6.07) is 29.8. The van der Waals surface area contributed by atoms with Crippen molar-refractivity contribution in [2.24, 2.45) is 5.41 Å². The van der Waals surface area contributed by atoms with Gasteiger partial charge in [-0.15, -0.1) is 0 Å². The van der Waals surface area contributed by atoms with Crippen LogP contribution in [0.5, 0.6) is 0 Å². The molecule has 1 aliphatic carbocycles. The van der Waals surface area contributed by atoms with Crippen LogP contribution < -0.4 is 11.2 Å². The molecule has 5 rings (SSSR count). The Hall–Kier alpha value is -3.78. The molecule has 1 aromatic heterocycles. The van der Waals surface area contributed by atoms with E-state index in [1.54, 1.807) is 20.2 Å². The normalized spacial score (nSPS) is 20.0. The second-order valence-electron chi connectivity index (χ2n) is 10.0. The van der Waals surface area contributed by atoms with E-state index in [-0.39, 0.29) is 12.6 Å². The molecular formula is C31H32N2O5. The summed E-state index contributed by atoms with van der Waals surface area (Å²) < 4.78 is 14.6. The predicted molar refractivity (Wildman–Crippen MR) is 145 cm³/mol. The topological polar surface area (TPSA) is 93.5 Å². The third-order valence-electron chi connectivity index (χ3n) is 7.68. The average Bonchev–Trinajstić information content (AvgIpc) is 2.94. The molecule has 1 fully saturated rings. The van der Waals surface area contributed by atoms with E-state index in [0.717, 1.165) is 16.7 Å². The minimum Gasteiger partial charge on any atom is -0.396 e. The quantitative estimate of drug-likeness (QED) is 0.260. The summed E-state index contributed by atoms with van der Waals surface area (Å²) in [6.07, 6.45) is 1.67. The van der Waals surface area contributed by atoms with Crippen molar-refractivity contribution in [2.75, 3.05) is 13.7 Å². The van der Waals surface area contributed by atoms with E-state index in [4.69, 9.17) is 9.47 Å². The molecule has 0 radical (unpaired) electrons. The van der Waals surface area contributed by atoms with Crippen molar-refractivity contribution in [1.82, 2.24) is 9.55 Å². The van der Waals surface area contributed by atoms with Crippen LogP contribution in [0, 0.1) is 12.3 Å². The molecule has 0 saturated heterocycles. The molecule has 4 aromatic rings. The molecule has 1 atom stereocenters. The highest BCUT2D eigenvalue weighted by Gasteiger charge is 2.54. The Kier molecular flexibility index (Phi) is 7.17. The van der Waals surface area contributed by atoms with Crippen LogP contribution in [0.4, 0.5) is 0 Å². The molecule has 1 aliphatic rings. The van der Waals surface area contributed by atoms with Gasteiger partial charge in [-0.3, -0.25) is 14.3 Å². The smallest absolute Gasteiger partial charge is 0.328 e. The van der Waals surface area contributed by atoms with Gasteiger partial charge in [0.15, 0.2) is 6.29 Å². The van der Waals surface area contributed by atoms with Crippen LogP contribution in [0.1, 0.15) is 41.1 Å². The van der Waals surface area contributed by atoms with Gasteiger partial charge < -0.3 is 14.6 Å². The highest BCUT2D eigenvalue weighted by Crippen LogP contribution is 2.54. The second kappa shape index (κ2) is 10.5. The summed E-state index contributed by atoms with van der Waals surface area (Å²) in [5, 5.41) is 10.7. The molecule has 0 aliphatic heterocycles. The van der Waals surface area contributed by atoms with Gasteiger partial charge in [0.05, 0.1) is 6.61 Å². The third-order valence-corrected chi connectivity index (χ3v) is 7.68. The van der Waals surface area contributed by atoms with Crippen molar-refractivity contribution in [3.63, 3.8) is 0 Å². The summed E-state index contributed by atoms with van der Waals surface area (Å²) in [7, 11) is 1.58. The maximum absolute atomic E-state index is 12.5. The number of aryl methyl sites for hydroxylation is 1. The van der Waals surface area contributed by atoms with Crippen molar-refractivity contribution in [1.29, 1.82) is 0 Å². The van der Waals surface area contributed by atoms with E-state index >= 15 is 0 Å². The minimum absolute atomic E-state index is 0.187. The first-order valence-corrected chi connectivity index (χ1v) is 12.7. The molecule has 7 nitrogen and oxygen atoms in total. The standard InChI is InChI=1S/C31H32N2O5/c1-22-20-33(29(36)32-27(22)35)26-18-30(19-26,21-34)28(37-2)38-31(23-12-6-3-7-13-23,24-14-8-4-9-15-24)25-16-10-5-11-17-25/h3-17,20,26,28,34H,18-19,21H2,1-2H3,(H,32,35,36). The fourth-order valence-corrected chi connectivity index (χ4v) is 5.64. The SMILES string of the molecule is COC(OC(c1ccccc1)(c1ccccc1)c1ccccc1)C1(CO)CC(n2cc(C)c(=O)[nH]c2=O)C1. The number of aliphatic hydroxyl groups is 1. The van der Waals surface area contributed by atoms with Crippen molar-refractivity contribution in [2.45, 2.75) is 37.7 Å². The lowest BCUT2D eigenvalue weighted by molar-refractivity contribution is -0.268. The maximum Gasteiger partial charge on any atom is 0.328 e. The molecule has 38 heavy (non-hydrogen) atoms. The van der Waals surface area contributed by atoms with Gasteiger partial charge in [-0.25, -0.2) is 4.79 Å². The zero-order chi connectivity index (χ0) is 26.8. The van der Waals surface area contributed by atoms with E-state index in [1.807, 2.05) is 91.0 Å². The highest BCUT2D eigenvalue weighted by molar-refractivity contribution is 5.47. The molecule has 0 amide bonds. The van der Waals surface area contributed by atoms with Crippen molar-refractivity contribution in [3.05, 3.63) is 140 Å². The lowest BCUT2D eigenvalue weighted by Crippen LogP contribution is -2.55.